The van der Waals surface area contributed by atoms with Crippen molar-refractivity contribution < 1.29 is 9.59 Å². The molecule has 1 heterocycles. The van der Waals surface area contributed by atoms with Crippen molar-refractivity contribution in [2.75, 3.05) is 37.6 Å². The van der Waals surface area contributed by atoms with Crippen molar-refractivity contribution in [3.63, 3.8) is 0 Å². The summed E-state index contributed by atoms with van der Waals surface area (Å²) in [4.78, 5) is 28.8. The summed E-state index contributed by atoms with van der Waals surface area (Å²) >= 11 is 0. The van der Waals surface area contributed by atoms with Crippen LogP contribution in [0.25, 0.3) is 0 Å². The Morgan fingerprint density at radius 3 is 2.46 bits per heavy atom. The molecule has 2 aromatic rings. The van der Waals surface area contributed by atoms with E-state index in [1.165, 1.54) is 5.56 Å². The summed E-state index contributed by atoms with van der Waals surface area (Å²) in [6.45, 7) is 5.52. The number of likely N-dealkylation sites (tertiary alicyclic amines) is 1. The lowest BCUT2D eigenvalue weighted by Gasteiger charge is -2.23. The largest absolute Gasteiger partial charge is 0.370 e. The van der Waals surface area contributed by atoms with Crippen molar-refractivity contribution in [3.8, 4) is 0 Å². The van der Waals surface area contributed by atoms with Crippen molar-refractivity contribution in [2.24, 2.45) is 5.92 Å². The lowest BCUT2D eigenvalue weighted by atomic mass is 10.1. The van der Waals surface area contributed by atoms with Gasteiger partial charge in [0, 0.05) is 44.8 Å². The van der Waals surface area contributed by atoms with Crippen LogP contribution in [0.1, 0.15) is 18.9 Å². The molecule has 0 aromatic heterocycles. The molecule has 1 saturated heterocycles. The molecule has 148 valence electrons. The molecule has 0 unspecified atom stereocenters. The Morgan fingerprint density at radius 2 is 1.79 bits per heavy atom. The fourth-order valence-electron chi connectivity index (χ4n) is 3.64. The predicted molar refractivity (Wildman–Crippen MR) is 112 cm³/mol. The number of amides is 2. The molecule has 1 aliphatic heterocycles. The van der Waals surface area contributed by atoms with Crippen LogP contribution < -0.4 is 10.2 Å². The van der Waals surface area contributed by atoms with Crippen molar-refractivity contribution in [1.29, 1.82) is 0 Å². The molecule has 0 saturated carbocycles. The summed E-state index contributed by atoms with van der Waals surface area (Å²) in [6, 6.07) is 20.3. The minimum atomic E-state index is -0.241. The fraction of sp³-hybridized carbons (Fsp3) is 0.391. The normalized spacial score (nSPS) is 16.2. The topological polar surface area (TPSA) is 52.7 Å². The number of anilines is 1. The smallest absolute Gasteiger partial charge is 0.225 e. The Bertz CT molecular complexity index is 764. The Labute approximate surface area is 167 Å². The van der Waals surface area contributed by atoms with Gasteiger partial charge < -0.3 is 15.1 Å². The molecular weight excluding hydrogens is 350 g/mol. The number of carbonyl (C=O) groups excluding carboxylic acids is 2. The maximum Gasteiger partial charge on any atom is 0.225 e. The van der Waals surface area contributed by atoms with E-state index in [0.717, 1.165) is 25.2 Å². The highest BCUT2D eigenvalue weighted by Crippen LogP contribution is 2.18. The van der Waals surface area contributed by atoms with Crippen LogP contribution >= 0.6 is 0 Å². The zero-order valence-electron chi connectivity index (χ0n) is 16.5. The summed E-state index contributed by atoms with van der Waals surface area (Å²) in [5.41, 5.74) is 2.37. The molecule has 5 heteroatoms. The molecule has 0 radical (unpaired) electrons. The van der Waals surface area contributed by atoms with Crippen molar-refractivity contribution in [1.82, 2.24) is 10.2 Å². The number of benzene rings is 2. The summed E-state index contributed by atoms with van der Waals surface area (Å²) in [7, 11) is 0. The minimum absolute atomic E-state index is 0.0142. The number of para-hydroxylation sites is 1. The first-order chi connectivity index (χ1) is 13.7. The standard InChI is InChI=1S/C23H29N3O2/c1-2-25(21-11-7-4-8-12-21)16-14-24-23(28)20-17-22(27)26(18-20)15-13-19-9-5-3-6-10-19/h3-12,20H,2,13-18H2,1H3,(H,24,28)/t20-/m0/s1. The third kappa shape index (κ3) is 5.35. The molecule has 3 rings (SSSR count). The van der Waals surface area contributed by atoms with Crippen LogP contribution in [0.3, 0.4) is 0 Å². The van der Waals surface area contributed by atoms with E-state index in [0.29, 0.717) is 26.1 Å². The van der Waals surface area contributed by atoms with Gasteiger partial charge in [0.15, 0.2) is 0 Å². The molecule has 1 aliphatic rings. The van der Waals surface area contributed by atoms with Gasteiger partial charge in [0.05, 0.1) is 5.92 Å². The average molecular weight is 380 g/mol. The second-order valence-corrected chi connectivity index (χ2v) is 7.18. The number of hydrogen-bond acceptors (Lipinski definition) is 3. The second kappa shape index (κ2) is 9.93. The van der Waals surface area contributed by atoms with E-state index in [9.17, 15) is 9.59 Å². The van der Waals surface area contributed by atoms with E-state index in [1.807, 2.05) is 41.3 Å². The lowest BCUT2D eigenvalue weighted by Crippen LogP contribution is -2.38. The van der Waals surface area contributed by atoms with E-state index in [1.54, 1.807) is 0 Å². The Kier molecular flexibility index (Phi) is 7.06. The highest BCUT2D eigenvalue weighted by Gasteiger charge is 2.33. The monoisotopic (exact) mass is 379 g/mol. The van der Waals surface area contributed by atoms with Crippen LogP contribution in [0.4, 0.5) is 5.69 Å². The van der Waals surface area contributed by atoms with Gasteiger partial charge in [0.25, 0.3) is 0 Å². The first kappa shape index (κ1) is 19.9. The molecule has 1 fully saturated rings. The number of nitrogens with one attached hydrogen (secondary N) is 1. The highest BCUT2D eigenvalue weighted by molar-refractivity contribution is 5.89. The van der Waals surface area contributed by atoms with Gasteiger partial charge >= 0.3 is 0 Å². The van der Waals surface area contributed by atoms with Crippen LogP contribution in [-0.4, -0.2) is 49.4 Å². The minimum Gasteiger partial charge on any atom is -0.370 e. The van der Waals surface area contributed by atoms with Gasteiger partial charge in [-0.1, -0.05) is 48.5 Å². The van der Waals surface area contributed by atoms with E-state index in [2.05, 4.69) is 41.4 Å². The van der Waals surface area contributed by atoms with Crippen LogP contribution in [0.5, 0.6) is 0 Å². The first-order valence-corrected chi connectivity index (χ1v) is 10.1. The molecular formula is C23H29N3O2. The molecule has 1 atom stereocenters. The van der Waals surface area contributed by atoms with E-state index < -0.39 is 0 Å². The van der Waals surface area contributed by atoms with Crippen LogP contribution in [-0.2, 0) is 16.0 Å². The van der Waals surface area contributed by atoms with Gasteiger partial charge in [-0.3, -0.25) is 9.59 Å². The van der Waals surface area contributed by atoms with Crippen molar-refractivity contribution in [3.05, 3.63) is 66.2 Å². The molecule has 2 aromatic carbocycles. The van der Waals surface area contributed by atoms with Gasteiger partial charge in [0.2, 0.25) is 11.8 Å². The number of carbonyl (C=O) groups is 2. The Hall–Kier alpha value is -2.82. The van der Waals surface area contributed by atoms with Gasteiger partial charge in [-0.2, -0.15) is 0 Å². The van der Waals surface area contributed by atoms with Gasteiger partial charge in [-0.25, -0.2) is 0 Å². The molecule has 0 spiro atoms. The molecule has 0 aliphatic carbocycles. The quantitative estimate of drug-likeness (QED) is 0.729. The zero-order valence-corrected chi connectivity index (χ0v) is 16.5. The van der Waals surface area contributed by atoms with Crippen molar-refractivity contribution >= 4 is 17.5 Å². The van der Waals surface area contributed by atoms with Crippen LogP contribution in [0, 0.1) is 5.92 Å². The maximum absolute atomic E-state index is 12.5. The summed E-state index contributed by atoms with van der Waals surface area (Å²) < 4.78 is 0. The molecule has 2 amide bonds. The summed E-state index contributed by atoms with van der Waals surface area (Å²) in [5.74, 6) is -0.176. The van der Waals surface area contributed by atoms with Gasteiger partial charge in [0.1, 0.15) is 0 Å². The number of nitrogens with zero attached hydrogens (tertiary/aromatic N) is 2. The summed E-state index contributed by atoms with van der Waals surface area (Å²) in [6.07, 6.45) is 1.14. The fourth-order valence-corrected chi connectivity index (χ4v) is 3.64. The zero-order chi connectivity index (χ0) is 19.8. The Morgan fingerprint density at radius 1 is 1.11 bits per heavy atom. The van der Waals surface area contributed by atoms with E-state index in [4.69, 9.17) is 0 Å². The first-order valence-electron chi connectivity index (χ1n) is 10.1. The third-order valence-corrected chi connectivity index (χ3v) is 5.28. The average Bonchev–Trinajstić information content (AvgIpc) is 3.11. The van der Waals surface area contributed by atoms with Gasteiger partial charge in [-0.15, -0.1) is 0 Å². The highest BCUT2D eigenvalue weighted by atomic mass is 16.2. The molecule has 1 N–H and O–H groups in total. The van der Waals surface area contributed by atoms with E-state index >= 15 is 0 Å². The van der Waals surface area contributed by atoms with Gasteiger partial charge in [-0.05, 0) is 31.0 Å². The molecule has 28 heavy (non-hydrogen) atoms. The summed E-state index contributed by atoms with van der Waals surface area (Å²) in [5, 5.41) is 3.01. The SMILES string of the molecule is CCN(CCNC(=O)[C@H]1CC(=O)N(CCc2ccccc2)C1)c1ccccc1. The lowest BCUT2D eigenvalue weighted by molar-refractivity contribution is -0.129. The maximum atomic E-state index is 12.5. The number of rotatable bonds is 9. The molecule has 0 bridgehead atoms. The number of likely N-dealkylation sites (N-methyl/N-ethyl adjacent to an activating group) is 1. The van der Waals surface area contributed by atoms with Crippen molar-refractivity contribution in [2.45, 2.75) is 19.8 Å². The molecule has 5 nitrogen and oxygen atoms in total. The second-order valence-electron chi connectivity index (χ2n) is 7.18. The van der Waals surface area contributed by atoms with Crippen LogP contribution in [0.15, 0.2) is 60.7 Å². The van der Waals surface area contributed by atoms with Crippen LogP contribution in [0.2, 0.25) is 0 Å². The Balaban J connectivity index is 1.43. The third-order valence-electron chi connectivity index (χ3n) is 5.28. The van der Waals surface area contributed by atoms with E-state index in [-0.39, 0.29) is 17.7 Å². The predicted octanol–water partition coefficient (Wildman–Crippen LogP) is 2.72. The number of hydrogen-bond donors (Lipinski definition) is 1.